The van der Waals surface area contributed by atoms with Crippen LogP contribution in [0, 0.1) is 20.8 Å². The van der Waals surface area contributed by atoms with Crippen molar-refractivity contribution in [2.24, 2.45) is 0 Å². The molecule has 0 saturated carbocycles. The molecule has 24 heavy (non-hydrogen) atoms. The Kier molecular flexibility index (Phi) is 5.33. The van der Waals surface area contributed by atoms with Crippen LogP contribution in [-0.4, -0.2) is 33.7 Å². The SMILES string of the molecule is Cc1cc(C)c(N(CCNC(=O)c2ccco2)S(C)(=O)=O)c(C)c1. The maximum atomic E-state index is 12.2. The number of amides is 1. The molecule has 130 valence electrons. The first-order chi connectivity index (χ1) is 11.2. The molecule has 0 fully saturated rings. The van der Waals surface area contributed by atoms with Gasteiger partial charge in [-0.15, -0.1) is 0 Å². The third kappa shape index (κ3) is 4.17. The Bertz CT molecular complexity index is 803. The number of aryl methyl sites for hydroxylation is 3. The van der Waals surface area contributed by atoms with Gasteiger partial charge in [-0.3, -0.25) is 9.10 Å². The summed E-state index contributed by atoms with van der Waals surface area (Å²) >= 11 is 0. The number of nitrogens with zero attached hydrogens (tertiary/aromatic N) is 1. The molecular weight excluding hydrogens is 328 g/mol. The molecule has 2 aromatic rings. The van der Waals surface area contributed by atoms with Crippen molar-refractivity contribution in [2.45, 2.75) is 20.8 Å². The van der Waals surface area contributed by atoms with E-state index < -0.39 is 10.0 Å². The molecule has 1 aromatic heterocycles. The first kappa shape index (κ1) is 18.1. The second-order valence-electron chi connectivity index (χ2n) is 5.82. The number of anilines is 1. The van der Waals surface area contributed by atoms with Crippen molar-refractivity contribution in [1.82, 2.24) is 5.32 Å². The number of nitrogens with one attached hydrogen (secondary N) is 1. The van der Waals surface area contributed by atoms with Crippen LogP contribution < -0.4 is 9.62 Å². The molecule has 0 aliphatic heterocycles. The lowest BCUT2D eigenvalue weighted by atomic mass is 10.1. The summed E-state index contributed by atoms with van der Waals surface area (Å²) in [7, 11) is -3.47. The quantitative estimate of drug-likeness (QED) is 0.867. The van der Waals surface area contributed by atoms with Gasteiger partial charge in [0.25, 0.3) is 5.91 Å². The number of carbonyl (C=O) groups excluding carboxylic acids is 1. The third-order valence-corrected chi connectivity index (χ3v) is 4.80. The molecule has 0 unspecified atom stereocenters. The fraction of sp³-hybridized carbons (Fsp3) is 0.353. The molecule has 1 heterocycles. The van der Waals surface area contributed by atoms with Crippen LogP contribution in [0.2, 0.25) is 0 Å². The standard InChI is InChI=1S/C17H22N2O4S/c1-12-10-13(2)16(14(3)11-12)19(24(4,21)22)8-7-18-17(20)15-6-5-9-23-15/h5-6,9-11H,7-8H2,1-4H3,(H,18,20). The number of benzene rings is 1. The second kappa shape index (κ2) is 7.09. The molecule has 6 nitrogen and oxygen atoms in total. The van der Waals surface area contributed by atoms with Crippen molar-refractivity contribution in [3.05, 3.63) is 53.0 Å². The van der Waals surface area contributed by atoms with Crippen molar-refractivity contribution < 1.29 is 17.6 Å². The van der Waals surface area contributed by atoms with Gasteiger partial charge in [-0.05, 0) is 44.0 Å². The zero-order valence-electron chi connectivity index (χ0n) is 14.3. The van der Waals surface area contributed by atoms with Gasteiger partial charge in [0.05, 0.1) is 24.8 Å². The van der Waals surface area contributed by atoms with E-state index >= 15 is 0 Å². The number of carbonyl (C=O) groups is 1. The van der Waals surface area contributed by atoms with Gasteiger partial charge in [-0.2, -0.15) is 0 Å². The zero-order chi connectivity index (χ0) is 17.9. The number of hydrogen-bond acceptors (Lipinski definition) is 4. The Morgan fingerprint density at radius 1 is 1.21 bits per heavy atom. The molecule has 1 aromatic carbocycles. The average Bonchev–Trinajstić information content (AvgIpc) is 2.97. The smallest absolute Gasteiger partial charge is 0.287 e. The fourth-order valence-electron chi connectivity index (χ4n) is 2.78. The molecule has 1 amide bonds. The Hall–Kier alpha value is -2.28. The van der Waals surface area contributed by atoms with Crippen LogP contribution in [0.25, 0.3) is 0 Å². The molecule has 0 aliphatic rings. The minimum absolute atomic E-state index is 0.149. The van der Waals surface area contributed by atoms with Gasteiger partial charge in [-0.25, -0.2) is 8.42 Å². The summed E-state index contributed by atoms with van der Waals surface area (Å²) in [6, 6.07) is 7.07. The lowest BCUT2D eigenvalue weighted by Gasteiger charge is -2.26. The van der Waals surface area contributed by atoms with E-state index in [-0.39, 0.29) is 24.8 Å². The van der Waals surface area contributed by atoms with Crippen LogP contribution in [0.3, 0.4) is 0 Å². The first-order valence-electron chi connectivity index (χ1n) is 7.57. The third-order valence-electron chi connectivity index (χ3n) is 3.63. The Morgan fingerprint density at radius 2 is 1.83 bits per heavy atom. The van der Waals surface area contributed by atoms with E-state index in [4.69, 9.17) is 4.42 Å². The van der Waals surface area contributed by atoms with Gasteiger partial charge < -0.3 is 9.73 Å². The van der Waals surface area contributed by atoms with E-state index in [1.54, 1.807) is 12.1 Å². The minimum Gasteiger partial charge on any atom is -0.459 e. The highest BCUT2D eigenvalue weighted by Gasteiger charge is 2.21. The van der Waals surface area contributed by atoms with Crippen molar-refractivity contribution in [2.75, 3.05) is 23.7 Å². The first-order valence-corrected chi connectivity index (χ1v) is 9.42. The van der Waals surface area contributed by atoms with Gasteiger partial charge in [-0.1, -0.05) is 17.7 Å². The van der Waals surface area contributed by atoms with Gasteiger partial charge in [0.2, 0.25) is 10.0 Å². The fourth-order valence-corrected chi connectivity index (χ4v) is 3.82. The van der Waals surface area contributed by atoms with Crippen LogP contribution in [0.15, 0.2) is 34.9 Å². The highest BCUT2D eigenvalue weighted by molar-refractivity contribution is 7.92. The van der Waals surface area contributed by atoms with Gasteiger partial charge >= 0.3 is 0 Å². The van der Waals surface area contributed by atoms with Crippen molar-refractivity contribution >= 4 is 21.6 Å². The maximum absolute atomic E-state index is 12.2. The summed E-state index contributed by atoms with van der Waals surface area (Å²) in [6.45, 7) is 6.07. The average molecular weight is 350 g/mol. The molecule has 0 atom stereocenters. The van der Waals surface area contributed by atoms with Crippen molar-refractivity contribution in [3.63, 3.8) is 0 Å². The van der Waals surface area contributed by atoms with Gasteiger partial charge in [0.15, 0.2) is 5.76 Å². The van der Waals surface area contributed by atoms with E-state index in [1.165, 1.54) is 16.8 Å². The number of hydrogen-bond donors (Lipinski definition) is 1. The monoisotopic (exact) mass is 350 g/mol. The summed E-state index contributed by atoms with van der Waals surface area (Å²) in [5.74, 6) is -0.172. The topological polar surface area (TPSA) is 79.6 Å². The number of sulfonamides is 1. The Morgan fingerprint density at radius 3 is 2.33 bits per heavy atom. The van der Waals surface area contributed by atoms with Crippen LogP contribution in [0.1, 0.15) is 27.2 Å². The van der Waals surface area contributed by atoms with Crippen molar-refractivity contribution in [3.8, 4) is 0 Å². The second-order valence-corrected chi connectivity index (χ2v) is 7.72. The minimum atomic E-state index is -3.47. The van der Waals surface area contributed by atoms with Gasteiger partial charge in [0.1, 0.15) is 0 Å². The van der Waals surface area contributed by atoms with E-state index in [0.717, 1.165) is 16.7 Å². The Labute approximate surface area is 142 Å². The molecule has 7 heteroatoms. The highest BCUT2D eigenvalue weighted by Crippen LogP contribution is 2.27. The zero-order valence-corrected chi connectivity index (χ0v) is 15.1. The molecule has 0 spiro atoms. The summed E-state index contributed by atoms with van der Waals surface area (Å²) in [5.41, 5.74) is 3.51. The van der Waals surface area contributed by atoms with Gasteiger partial charge in [0, 0.05) is 6.54 Å². The van der Waals surface area contributed by atoms with E-state index in [2.05, 4.69) is 5.32 Å². The molecule has 0 aliphatic carbocycles. The summed E-state index contributed by atoms with van der Waals surface area (Å²) < 4.78 is 30.8. The maximum Gasteiger partial charge on any atom is 0.287 e. The molecule has 0 radical (unpaired) electrons. The predicted octanol–water partition coefficient (Wildman–Crippen LogP) is 2.40. The normalized spacial score (nSPS) is 11.3. The van der Waals surface area contributed by atoms with Crippen LogP contribution in [0.5, 0.6) is 0 Å². The lowest BCUT2D eigenvalue weighted by Crippen LogP contribution is -2.38. The Balaban J connectivity index is 2.18. The van der Waals surface area contributed by atoms with E-state index in [9.17, 15) is 13.2 Å². The predicted molar refractivity (Wildman–Crippen MR) is 93.9 cm³/mol. The molecule has 1 N–H and O–H groups in total. The number of rotatable bonds is 6. The van der Waals surface area contributed by atoms with Crippen LogP contribution >= 0.6 is 0 Å². The molecular formula is C17H22N2O4S. The molecule has 0 saturated heterocycles. The van der Waals surface area contributed by atoms with Crippen LogP contribution in [-0.2, 0) is 10.0 Å². The van der Waals surface area contributed by atoms with Crippen molar-refractivity contribution in [1.29, 1.82) is 0 Å². The summed E-state index contributed by atoms with van der Waals surface area (Å²) in [6.07, 6.45) is 2.58. The lowest BCUT2D eigenvalue weighted by molar-refractivity contribution is 0.0927. The molecule has 2 rings (SSSR count). The number of furan rings is 1. The molecule has 0 bridgehead atoms. The summed E-state index contributed by atoms with van der Waals surface area (Å²) in [5, 5.41) is 2.67. The van der Waals surface area contributed by atoms with E-state index in [0.29, 0.717) is 5.69 Å². The largest absolute Gasteiger partial charge is 0.459 e. The van der Waals surface area contributed by atoms with E-state index in [1.807, 2.05) is 32.9 Å². The highest BCUT2D eigenvalue weighted by atomic mass is 32.2. The summed E-state index contributed by atoms with van der Waals surface area (Å²) in [4.78, 5) is 11.9. The van der Waals surface area contributed by atoms with Crippen LogP contribution in [0.4, 0.5) is 5.69 Å².